The van der Waals surface area contributed by atoms with Crippen LogP contribution in [0.25, 0.3) is 0 Å². The zero-order chi connectivity index (χ0) is 52.9. The van der Waals surface area contributed by atoms with E-state index in [2.05, 4.69) is 19.2 Å². The summed E-state index contributed by atoms with van der Waals surface area (Å²) in [6.07, 6.45) is 75.5. The van der Waals surface area contributed by atoms with Crippen molar-refractivity contribution in [2.75, 3.05) is 13.2 Å². The summed E-state index contributed by atoms with van der Waals surface area (Å²) in [5.41, 5.74) is 0. The summed E-state index contributed by atoms with van der Waals surface area (Å²) in [6.45, 7) is 4.98. The number of rotatable bonds is 64. The molecule has 1 amide bonds. The van der Waals surface area contributed by atoms with Gasteiger partial charge in [-0.1, -0.05) is 354 Å². The van der Waals surface area contributed by atoms with E-state index in [1.54, 1.807) is 0 Å². The molecule has 3 N–H and O–H groups in total. The molecule has 6 heteroatoms. The van der Waals surface area contributed by atoms with Gasteiger partial charge in [0.05, 0.1) is 25.4 Å². The normalized spacial score (nSPS) is 12.4. The predicted molar refractivity (Wildman–Crippen MR) is 320 cm³/mol. The summed E-state index contributed by atoms with van der Waals surface area (Å²) in [7, 11) is 0. The molecule has 0 bridgehead atoms. The van der Waals surface area contributed by atoms with Crippen LogP contribution in [0, 0.1) is 0 Å². The monoisotopic (exact) mass is 1030 g/mol. The van der Waals surface area contributed by atoms with E-state index < -0.39 is 12.1 Å². The average molecular weight is 1030 g/mol. The second-order valence-electron chi connectivity index (χ2n) is 23.5. The van der Waals surface area contributed by atoms with Gasteiger partial charge in [0.1, 0.15) is 0 Å². The van der Waals surface area contributed by atoms with E-state index in [1.807, 2.05) is 0 Å². The van der Waals surface area contributed by atoms with E-state index in [0.717, 1.165) is 44.9 Å². The summed E-state index contributed by atoms with van der Waals surface area (Å²) in [5, 5.41) is 23.4. The van der Waals surface area contributed by atoms with Gasteiger partial charge < -0.3 is 20.3 Å². The van der Waals surface area contributed by atoms with E-state index in [0.29, 0.717) is 25.9 Å². The van der Waals surface area contributed by atoms with Crippen molar-refractivity contribution in [1.82, 2.24) is 5.32 Å². The number of hydrogen-bond donors (Lipinski definition) is 3. The number of aliphatic hydroxyl groups excluding tert-OH is 2. The van der Waals surface area contributed by atoms with Crippen molar-refractivity contribution in [3.8, 4) is 0 Å². The molecule has 0 aliphatic carbocycles. The molecule has 0 aromatic rings. The Morgan fingerprint density at radius 3 is 0.836 bits per heavy atom. The second-order valence-corrected chi connectivity index (χ2v) is 23.5. The largest absolute Gasteiger partial charge is 0.466 e. The molecule has 2 unspecified atom stereocenters. The first-order valence-electron chi connectivity index (χ1n) is 33.8. The van der Waals surface area contributed by atoms with Crippen molar-refractivity contribution in [2.24, 2.45) is 0 Å². The number of aliphatic hydroxyl groups is 2. The van der Waals surface area contributed by atoms with Crippen LogP contribution in [0.15, 0.2) is 0 Å². The van der Waals surface area contributed by atoms with Gasteiger partial charge in [0.25, 0.3) is 0 Å². The molecule has 0 radical (unpaired) electrons. The van der Waals surface area contributed by atoms with Crippen molar-refractivity contribution < 1.29 is 24.5 Å². The van der Waals surface area contributed by atoms with Gasteiger partial charge in [-0.05, 0) is 25.7 Å². The lowest BCUT2D eigenvalue weighted by atomic mass is 10.0. The van der Waals surface area contributed by atoms with Crippen LogP contribution in [-0.4, -0.2) is 47.4 Å². The maximum Gasteiger partial charge on any atom is 0.305 e. The minimum Gasteiger partial charge on any atom is -0.466 e. The molecule has 0 aliphatic heterocycles. The number of ether oxygens (including phenoxy) is 1. The number of esters is 1. The zero-order valence-electron chi connectivity index (χ0n) is 49.9. The topological polar surface area (TPSA) is 95.9 Å². The summed E-state index contributed by atoms with van der Waals surface area (Å²) >= 11 is 0. The first-order chi connectivity index (χ1) is 36.0. The SMILES string of the molecule is CCCCCCCCCCCCCCCCCCCCCCCCCCCC(O)C(CO)NC(=O)CCCCCCCCCCCCCCCCCOC(=O)CCCCCCCCCCCCCCCCCC. The van der Waals surface area contributed by atoms with Gasteiger partial charge in [0, 0.05) is 12.8 Å². The van der Waals surface area contributed by atoms with E-state index in [9.17, 15) is 19.8 Å². The molecule has 0 saturated carbocycles. The Hall–Kier alpha value is -1.14. The van der Waals surface area contributed by atoms with Gasteiger partial charge in [0.15, 0.2) is 0 Å². The molecule has 2 atom stereocenters. The van der Waals surface area contributed by atoms with Gasteiger partial charge in [0.2, 0.25) is 5.91 Å². The fourth-order valence-electron chi connectivity index (χ4n) is 11.0. The molecular formula is C67H133NO5. The molecule has 0 fully saturated rings. The van der Waals surface area contributed by atoms with Crippen LogP contribution in [0.5, 0.6) is 0 Å². The number of carbonyl (C=O) groups is 2. The van der Waals surface area contributed by atoms with Crippen LogP contribution in [0.2, 0.25) is 0 Å². The third kappa shape index (κ3) is 60.0. The van der Waals surface area contributed by atoms with Crippen molar-refractivity contribution in [2.45, 2.75) is 405 Å². The van der Waals surface area contributed by atoms with Crippen molar-refractivity contribution >= 4 is 11.9 Å². The molecule has 0 rings (SSSR count). The highest BCUT2D eigenvalue weighted by Gasteiger charge is 2.20. The van der Waals surface area contributed by atoms with E-state index >= 15 is 0 Å². The highest BCUT2D eigenvalue weighted by atomic mass is 16.5. The third-order valence-corrected chi connectivity index (χ3v) is 16.2. The Morgan fingerprint density at radius 2 is 0.562 bits per heavy atom. The van der Waals surface area contributed by atoms with Crippen LogP contribution >= 0.6 is 0 Å². The van der Waals surface area contributed by atoms with E-state index in [4.69, 9.17) is 4.74 Å². The van der Waals surface area contributed by atoms with Crippen LogP contribution < -0.4 is 5.32 Å². The first kappa shape index (κ1) is 71.9. The van der Waals surface area contributed by atoms with Gasteiger partial charge in [-0.3, -0.25) is 9.59 Å². The number of unbranched alkanes of at least 4 members (excludes halogenated alkanes) is 53. The lowest BCUT2D eigenvalue weighted by Gasteiger charge is -2.22. The number of amides is 1. The zero-order valence-corrected chi connectivity index (χ0v) is 49.9. The molecule has 0 spiro atoms. The van der Waals surface area contributed by atoms with Gasteiger partial charge >= 0.3 is 5.97 Å². The molecule has 0 heterocycles. The van der Waals surface area contributed by atoms with E-state index in [1.165, 1.54) is 315 Å². The molecule has 6 nitrogen and oxygen atoms in total. The Labute approximate surface area is 457 Å². The molecule has 0 aliphatic rings. The lowest BCUT2D eigenvalue weighted by Crippen LogP contribution is -2.45. The highest BCUT2D eigenvalue weighted by Crippen LogP contribution is 2.19. The number of hydrogen-bond acceptors (Lipinski definition) is 5. The van der Waals surface area contributed by atoms with Crippen LogP contribution in [0.3, 0.4) is 0 Å². The van der Waals surface area contributed by atoms with E-state index in [-0.39, 0.29) is 18.5 Å². The molecule has 73 heavy (non-hydrogen) atoms. The number of carbonyl (C=O) groups excluding carboxylic acids is 2. The smallest absolute Gasteiger partial charge is 0.305 e. The molecular weight excluding hydrogens is 899 g/mol. The van der Waals surface area contributed by atoms with Crippen LogP contribution in [0.1, 0.15) is 393 Å². The average Bonchev–Trinajstić information content (AvgIpc) is 3.39. The van der Waals surface area contributed by atoms with Gasteiger partial charge in [-0.15, -0.1) is 0 Å². The predicted octanol–water partition coefficient (Wildman–Crippen LogP) is 21.4. The Bertz CT molecular complexity index is 1050. The third-order valence-electron chi connectivity index (χ3n) is 16.2. The summed E-state index contributed by atoms with van der Waals surface area (Å²) < 4.78 is 5.49. The molecule has 0 saturated heterocycles. The second kappa shape index (κ2) is 63.4. The number of nitrogens with one attached hydrogen (secondary N) is 1. The highest BCUT2D eigenvalue weighted by molar-refractivity contribution is 5.76. The minimum atomic E-state index is -0.670. The summed E-state index contributed by atoms with van der Waals surface area (Å²) in [5.74, 6) is -0.0315. The fraction of sp³-hybridized carbons (Fsp3) is 0.970. The van der Waals surface area contributed by atoms with Crippen molar-refractivity contribution in [3.63, 3.8) is 0 Å². The molecule has 436 valence electrons. The van der Waals surface area contributed by atoms with Crippen molar-refractivity contribution in [3.05, 3.63) is 0 Å². The molecule has 0 aromatic carbocycles. The first-order valence-corrected chi connectivity index (χ1v) is 33.8. The van der Waals surface area contributed by atoms with Crippen molar-refractivity contribution in [1.29, 1.82) is 0 Å². The summed E-state index contributed by atoms with van der Waals surface area (Å²) in [4.78, 5) is 24.6. The Balaban J connectivity index is 3.40. The van der Waals surface area contributed by atoms with Gasteiger partial charge in [-0.2, -0.15) is 0 Å². The maximum atomic E-state index is 12.5. The van der Waals surface area contributed by atoms with Gasteiger partial charge in [-0.25, -0.2) is 0 Å². The van der Waals surface area contributed by atoms with Crippen LogP contribution in [0.4, 0.5) is 0 Å². The molecule has 0 aromatic heterocycles. The van der Waals surface area contributed by atoms with Crippen LogP contribution in [-0.2, 0) is 14.3 Å². The quantitative estimate of drug-likeness (QED) is 0.0417. The minimum absolute atomic E-state index is 0.00603. The Morgan fingerprint density at radius 1 is 0.329 bits per heavy atom. The standard InChI is InChI=1S/C67H133NO5/c1-3-5-7-9-11-13-15-17-19-21-22-23-24-25-26-27-28-29-31-35-39-43-47-51-55-59-65(70)64(63-69)68-66(71)60-56-52-48-44-40-36-32-30-34-38-42-46-50-54-58-62-73-67(72)61-57-53-49-45-41-37-33-20-18-16-14-12-10-8-6-4-2/h64-65,69-70H,3-63H2,1-2H3,(H,68,71). The lowest BCUT2D eigenvalue weighted by molar-refractivity contribution is -0.143. The Kier molecular flexibility index (Phi) is 62.4. The fourth-order valence-corrected chi connectivity index (χ4v) is 11.0. The summed E-state index contributed by atoms with van der Waals surface area (Å²) in [6, 6.07) is -0.548. The maximum absolute atomic E-state index is 12.5.